The molecule has 0 bridgehead atoms. The van der Waals surface area contributed by atoms with Crippen LogP contribution in [-0.4, -0.2) is 24.2 Å². The Balaban J connectivity index is 2.61. The van der Waals surface area contributed by atoms with Crippen LogP contribution in [0.25, 0.3) is 10.8 Å². The molecule has 1 heterocycles. The number of aromatic nitrogens is 1. The Hall–Kier alpha value is -1.49. The van der Waals surface area contributed by atoms with Crippen LogP contribution < -0.4 is 5.32 Å². The third-order valence-corrected chi connectivity index (χ3v) is 3.21. The van der Waals surface area contributed by atoms with E-state index in [9.17, 15) is 0 Å². The summed E-state index contributed by atoms with van der Waals surface area (Å²) in [5.74, 6) is -0.944. The number of benzene rings is 1. The van der Waals surface area contributed by atoms with E-state index in [2.05, 4.69) is 30.2 Å². The number of fused-ring (bicyclic) bond motifs is 1. The Morgan fingerprint density at radius 2 is 1.86 bits per heavy atom. The molecule has 2 aromatic rings. The van der Waals surface area contributed by atoms with Gasteiger partial charge in [0.15, 0.2) is 0 Å². The van der Waals surface area contributed by atoms with E-state index < -0.39 is 5.91 Å². The zero-order valence-corrected chi connectivity index (χ0v) is 13.2. The van der Waals surface area contributed by atoms with Crippen LogP contribution in [0.5, 0.6) is 0 Å². The molecule has 1 N–H and O–H groups in total. The standard InChI is InChI=1S/C17H24N2O2/c1-5-20-17(21-6-2,19-13(3)4)16-9-7-8-14-10-11-18-12-15(14)16/h7-13,19H,5-6H2,1-4H3. The third kappa shape index (κ3) is 3.40. The van der Waals surface area contributed by atoms with E-state index in [1.165, 1.54) is 0 Å². The van der Waals surface area contributed by atoms with Crippen LogP contribution in [0, 0.1) is 0 Å². The SMILES string of the molecule is CCOC(NC(C)C)(OCC)c1cccc2ccncc12. The Labute approximate surface area is 126 Å². The molecule has 4 heteroatoms. The van der Waals surface area contributed by atoms with Gasteiger partial charge in [-0.25, -0.2) is 0 Å². The van der Waals surface area contributed by atoms with Crippen molar-refractivity contribution in [2.24, 2.45) is 0 Å². The fourth-order valence-electron chi connectivity index (χ4n) is 2.55. The fourth-order valence-corrected chi connectivity index (χ4v) is 2.55. The van der Waals surface area contributed by atoms with Gasteiger partial charge in [-0.1, -0.05) is 18.2 Å². The van der Waals surface area contributed by atoms with E-state index in [4.69, 9.17) is 9.47 Å². The van der Waals surface area contributed by atoms with Crippen LogP contribution >= 0.6 is 0 Å². The van der Waals surface area contributed by atoms with Crippen molar-refractivity contribution in [3.8, 4) is 0 Å². The van der Waals surface area contributed by atoms with Gasteiger partial charge in [0.1, 0.15) is 0 Å². The summed E-state index contributed by atoms with van der Waals surface area (Å²) in [5.41, 5.74) is 0.963. The summed E-state index contributed by atoms with van der Waals surface area (Å²) >= 11 is 0. The average Bonchev–Trinajstić information content (AvgIpc) is 2.46. The van der Waals surface area contributed by atoms with E-state index in [0.29, 0.717) is 13.2 Å². The second kappa shape index (κ2) is 6.98. The number of hydrogen-bond donors (Lipinski definition) is 1. The number of rotatable bonds is 7. The van der Waals surface area contributed by atoms with E-state index in [1.54, 1.807) is 6.20 Å². The molecule has 0 spiro atoms. The molecule has 0 radical (unpaired) electrons. The molecule has 0 atom stereocenters. The molecule has 0 aliphatic carbocycles. The molecule has 2 rings (SSSR count). The van der Waals surface area contributed by atoms with Crippen molar-refractivity contribution in [2.75, 3.05) is 13.2 Å². The van der Waals surface area contributed by atoms with Crippen LogP contribution in [-0.2, 0) is 15.4 Å². The highest BCUT2D eigenvalue weighted by Gasteiger charge is 2.36. The summed E-state index contributed by atoms with van der Waals surface area (Å²) in [5, 5.41) is 5.59. The summed E-state index contributed by atoms with van der Waals surface area (Å²) in [7, 11) is 0. The van der Waals surface area contributed by atoms with Crippen molar-refractivity contribution in [2.45, 2.75) is 39.6 Å². The maximum atomic E-state index is 6.01. The molecule has 0 aliphatic rings. The van der Waals surface area contributed by atoms with Gasteiger partial charge in [0.25, 0.3) is 5.91 Å². The molecule has 21 heavy (non-hydrogen) atoms. The molecular formula is C17H24N2O2. The van der Waals surface area contributed by atoms with Crippen molar-refractivity contribution in [3.05, 3.63) is 42.2 Å². The van der Waals surface area contributed by atoms with Crippen LogP contribution in [0.15, 0.2) is 36.7 Å². The molecule has 1 aromatic heterocycles. The van der Waals surface area contributed by atoms with Gasteiger partial charge in [-0.05, 0) is 39.1 Å². The number of pyridine rings is 1. The Morgan fingerprint density at radius 1 is 1.14 bits per heavy atom. The largest absolute Gasteiger partial charge is 0.334 e. The average molecular weight is 288 g/mol. The second-order valence-electron chi connectivity index (χ2n) is 5.18. The minimum atomic E-state index is -0.944. The van der Waals surface area contributed by atoms with Crippen LogP contribution in [0.4, 0.5) is 0 Å². The number of hydrogen-bond acceptors (Lipinski definition) is 4. The molecule has 0 aliphatic heterocycles. The molecule has 0 fully saturated rings. The number of nitrogens with one attached hydrogen (secondary N) is 1. The maximum Gasteiger partial charge on any atom is 0.256 e. The lowest BCUT2D eigenvalue weighted by Gasteiger charge is -2.36. The van der Waals surface area contributed by atoms with Crippen molar-refractivity contribution >= 4 is 10.8 Å². The Morgan fingerprint density at radius 3 is 2.48 bits per heavy atom. The second-order valence-corrected chi connectivity index (χ2v) is 5.18. The highest BCUT2D eigenvalue weighted by Crippen LogP contribution is 2.31. The van der Waals surface area contributed by atoms with Gasteiger partial charge in [-0.3, -0.25) is 10.3 Å². The third-order valence-electron chi connectivity index (χ3n) is 3.21. The molecule has 0 unspecified atom stereocenters. The highest BCUT2D eigenvalue weighted by atomic mass is 16.7. The van der Waals surface area contributed by atoms with Gasteiger partial charge in [0, 0.05) is 42.6 Å². The lowest BCUT2D eigenvalue weighted by atomic mass is 10.0. The van der Waals surface area contributed by atoms with Gasteiger partial charge in [-0.2, -0.15) is 0 Å². The summed E-state index contributed by atoms with van der Waals surface area (Å²) in [4.78, 5) is 4.25. The zero-order chi connectivity index (χ0) is 15.3. The first-order valence-electron chi connectivity index (χ1n) is 7.51. The Kier molecular flexibility index (Phi) is 5.28. The van der Waals surface area contributed by atoms with Crippen molar-refractivity contribution < 1.29 is 9.47 Å². The molecular weight excluding hydrogens is 264 g/mol. The summed E-state index contributed by atoms with van der Waals surface area (Å²) in [6, 6.07) is 8.34. The smallest absolute Gasteiger partial charge is 0.256 e. The molecule has 0 saturated carbocycles. The van der Waals surface area contributed by atoms with Gasteiger partial charge in [0.2, 0.25) is 0 Å². The first-order chi connectivity index (χ1) is 10.1. The van der Waals surface area contributed by atoms with Gasteiger partial charge in [0.05, 0.1) is 0 Å². The predicted molar refractivity (Wildman–Crippen MR) is 84.9 cm³/mol. The van der Waals surface area contributed by atoms with Gasteiger partial charge in [-0.15, -0.1) is 0 Å². The molecule has 114 valence electrons. The van der Waals surface area contributed by atoms with Gasteiger partial charge >= 0.3 is 0 Å². The molecule has 0 amide bonds. The lowest BCUT2D eigenvalue weighted by Crippen LogP contribution is -2.50. The van der Waals surface area contributed by atoms with E-state index in [-0.39, 0.29) is 6.04 Å². The fraction of sp³-hybridized carbons (Fsp3) is 0.471. The van der Waals surface area contributed by atoms with E-state index in [0.717, 1.165) is 16.3 Å². The predicted octanol–water partition coefficient (Wildman–Crippen LogP) is 3.42. The molecule has 0 saturated heterocycles. The highest BCUT2D eigenvalue weighted by molar-refractivity contribution is 5.85. The first kappa shape index (κ1) is 15.9. The zero-order valence-electron chi connectivity index (χ0n) is 13.2. The summed E-state index contributed by atoms with van der Waals surface area (Å²) in [6.45, 7) is 9.21. The monoisotopic (exact) mass is 288 g/mol. The van der Waals surface area contributed by atoms with Crippen LogP contribution in [0.2, 0.25) is 0 Å². The normalized spacial score (nSPS) is 12.2. The molecule has 1 aromatic carbocycles. The Bertz CT molecular complexity index is 573. The number of nitrogens with zero attached hydrogens (tertiary/aromatic N) is 1. The molecule has 4 nitrogen and oxygen atoms in total. The number of ether oxygens (including phenoxy) is 2. The van der Waals surface area contributed by atoms with Gasteiger partial charge < -0.3 is 9.47 Å². The minimum absolute atomic E-state index is 0.218. The summed E-state index contributed by atoms with van der Waals surface area (Å²) in [6.07, 6.45) is 3.66. The van der Waals surface area contributed by atoms with Crippen LogP contribution in [0.1, 0.15) is 33.3 Å². The van der Waals surface area contributed by atoms with Crippen molar-refractivity contribution in [1.29, 1.82) is 0 Å². The summed E-state index contributed by atoms with van der Waals surface area (Å²) < 4.78 is 12.0. The first-order valence-corrected chi connectivity index (χ1v) is 7.51. The van der Waals surface area contributed by atoms with E-state index >= 15 is 0 Å². The maximum absolute atomic E-state index is 6.01. The topological polar surface area (TPSA) is 43.4 Å². The van der Waals surface area contributed by atoms with Crippen LogP contribution in [0.3, 0.4) is 0 Å². The lowest BCUT2D eigenvalue weighted by molar-refractivity contribution is -0.265. The van der Waals surface area contributed by atoms with E-state index in [1.807, 2.05) is 38.2 Å². The quantitative estimate of drug-likeness (QED) is 0.793. The van der Waals surface area contributed by atoms with Crippen molar-refractivity contribution in [1.82, 2.24) is 10.3 Å². The van der Waals surface area contributed by atoms with Crippen molar-refractivity contribution in [3.63, 3.8) is 0 Å². The minimum Gasteiger partial charge on any atom is -0.334 e.